The fraction of sp³-hybridized carbons (Fsp3) is 0.200. The highest BCUT2D eigenvalue weighted by Crippen LogP contribution is 2.37. The smallest absolute Gasteiger partial charge is 0.259 e. The van der Waals surface area contributed by atoms with Gasteiger partial charge in [0.05, 0.1) is 37.3 Å². The largest absolute Gasteiger partial charge is 0.496 e. The van der Waals surface area contributed by atoms with Gasteiger partial charge in [0.2, 0.25) is 0 Å². The lowest BCUT2D eigenvalue weighted by atomic mass is 10.1. The Hall–Kier alpha value is -3.71. The van der Waals surface area contributed by atoms with Crippen molar-refractivity contribution < 1.29 is 23.8 Å². The molecule has 3 aromatic carbocycles. The van der Waals surface area contributed by atoms with Gasteiger partial charge >= 0.3 is 0 Å². The molecule has 0 radical (unpaired) electrons. The lowest BCUT2D eigenvalue weighted by Gasteiger charge is -2.18. The topological polar surface area (TPSA) is 85.9 Å². The molecule has 0 aromatic heterocycles. The average molecular weight is 469 g/mol. The standard InChI is InChI=1S/C25H25ClN2O5/c1-4-32-22-15-20(28-25(30)18-11-6-7-12-21(18)31-3)23(33-5-2)14-19(22)27-24(29)16-9-8-10-17(26)13-16/h6-15H,4-5H2,1-3H3,(H,27,29)(H,28,30). The summed E-state index contributed by atoms with van der Waals surface area (Å²) in [5, 5.41) is 6.14. The maximum absolute atomic E-state index is 12.9. The zero-order valence-electron chi connectivity index (χ0n) is 18.6. The summed E-state index contributed by atoms with van der Waals surface area (Å²) in [5.74, 6) is 0.485. The van der Waals surface area contributed by atoms with Crippen LogP contribution >= 0.6 is 11.6 Å². The molecular formula is C25H25ClN2O5. The van der Waals surface area contributed by atoms with Crippen LogP contribution < -0.4 is 24.8 Å². The van der Waals surface area contributed by atoms with E-state index in [0.29, 0.717) is 58.0 Å². The minimum atomic E-state index is -0.369. The molecular weight excluding hydrogens is 444 g/mol. The van der Waals surface area contributed by atoms with Crippen molar-refractivity contribution in [2.75, 3.05) is 31.0 Å². The van der Waals surface area contributed by atoms with Gasteiger partial charge in [0.15, 0.2) is 0 Å². The summed E-state index contributed by atoms with van der Waals surface area (Å²) in [6.07, 6.45) is 0. The molecule has 7 nitrogen and oxygen atoms in total. The van der Waals surface area contributed by atoms with Crippen LogP contribution in [-0.2, 0) is 0 Å². The summed E-state index contributed by atoms with van der Waals surface area (Å²) in [6.45, 7) is 4.36. The maximum Gasteiger partial charge on any atom is 0.259 e. The van der Waals surface area contributed by atoms with Crippen LogP contribution in [0.4, 0.5) is 11.4 Å². The van der Waals surface area contributed by atoms with Crippen LogP contribution in [0.2, 0.25) is 5.02 Å². The Kier molecular flexibility index (Phi) is 8.16. The third-order valence-corrected chi connectivity index (χ3v) is 4.85. The average Bonchev–Trinajstić information content (AvgIpc) is 2.81. The second-order valence-corrected chi connectivity index (χ2v) is 7.27. The number of ether oxygens (including phenoxy) is 3. The van der Waals surface area contributed by atoms with Crippen LogP contribution in [0.25, 0.3) is 0 Å². The fourth-order valence-corrected chi connectivity index (χ4v) is 3.34. The number of rotatable bonds is 9. The Balaban J connectivity index is 1.95. The van der Waals surface area contributed by atoms with Gasteiger partial charge in [-0.25, -0.2) is 0 Å². The van der Waals surface area contributed by atoms with Crippen molar-refractivity contribution in [2.45, 2.75) is 13.8 Å². The molecule has 3 rings (SSSR count). The van der Waals surface area contributed by atoms with E-state index in [1.807, 2.05) is 13.8 Å². The van der Waals surface area contributed by atoms with E-state index >= 15 is 0 Å². The Labute approximate surface area is 197 Å². The van der Waals surface area contributed by atoms with E-state index in [0.717, 1.165) is 0 Å². The monoisotopic (exact) mass is 468 g/mol. The van der Waals surface area contributed by atoms with E-state index in [1.165, 1.54) is 7.11 Å². The molecule has 0 saturated heterocycles. The second-order valence-electron chi connectivity index (χ2n) is 6.83. The highest BCUT2D eigenvalue weighted by molar-refractivity contribution is 6.31. The number of methoxy groups -OCH3 is 1. The number of carbonyl (C=O) groups is 2. The number of amides is 2. The van der Waals surface area contributed by atoms with E-state index in [2.05, 4.69) is 10.6 Å². The van der Waals surface area contributed by atoms with Gasteiger partial charge in [0.25, 0.3) is 11.8 Å². The maximum atomic E-state index is 12.9. The van der Waals surface area contributed by atoms with Crippen LogP contribution in [-0.4, -0.2) is 32.1 Å². The first kappa shape index (κ1) is 23.9. The normalized spacial score (nSPS) is 10.3. The van der Waals surface area contributed by atoms with Crippen molar-refractivity contribution in [2.24, 2.45) is 0 Å². The van der Waals surface area contributed by atoms with Crippen molar-refractivity contribution in [1.82, 2.24) is 0 Å². The quantitative estimate of drug-likeness (QED) is 0.423. The van der Waals surface area contributed by atoms with Crippen LogP contribution in [0.3, 0.4) is 0 Å². The molecule has 2 amide bonds. The first-order chi connectivity index (χ1) is 16.0. The first-order valence-electron chi connectivity index (χ1n) is 10.4. The molecule has 0 aliphatic heterocycles. The zero-order chi connectivity index (χ0) is 23.8. The van der Waals surface area contributed by atoms with E-state index < -0.39 is 0 Å². The highest BCUT2D eigenvalue weighted by Gasteiger charge is 2.19. The number of nitrogens with one attached hydrogen (secondary N) is 2. The first-order valence-corrected chi connectivity index (χ1v) is 10.8. The van der Waals surface area contributed by atoms with E-state index in [4.69, 9.17) is 25.8 Å². The number of anilines is 2. The minimum absolute atomic E-state index is 0.354. The zero-order valence-corrected chi connectivity index (χ0v) is 19.4. The summed E-state index contributed by atoms with van der Waals surface area (Å²) in [4.78, 5) is 25.7. The molecule has 3 aromatic rings. The Morgan fingerprint density at radius 1 is 0.788 bits per heavy atom. The predicted octanol–water partition coefficient (Wildman–Crippen LogP) is 5.65. The van der Waals surface area contributed by atoms with Gasteiger partial charge in [-0.2, -0.15) is 0 Å². The third kappa shape index (κ3) is 5.96. The molecule has 172 valence electrons. The lowest BCUT2D eigenvalue weighted by molar-refractivity contribution is 0.101. The number of carbonyl (C=O) groups excluding carboxylic acids is 2. The molecule has 0 saturated carbocycles. The summed E-state index contributed by atoms with van der Waals surface area (Å²) >= 11 is 6.01. The molecule has 0 spiro atoms. The predicted molar refractivity (Wildman–Crippen MR) is 129 cm³/mol. The highest BCUT2D eigenvalue weighted by atomic mass is 35.5. The molecule has 0 unspecified atom stereocenters. The van der Waals surface area contributed by atoms with Crippen molar-refractivity contribution in [3.8, 4) is 17.2 Å². The molecule has 8 heteroatoms. The van der Waals surface area contributed by atoms with Gasteiger partial charge in [0.1, 0.15) is 17.2 Å². The van der Waals surface area contributed by atoms with Crippen molar-refractivity contribution in [1.29, 1.82) is 0 Å². The molecule has 33 heavy (non-hydrogen) atoms. The van der Waals surface area contributed by atoms with Gasteiger partial charge < -0.3 is 24.8 Å². The molecule has 0 heterocycles. The van der Waals surface area contributed by atoms with Crippen LogP contribution in [0.15, 0.2) is 60.7 Å². The van der Waals surface area contributed by atoms with Crippen LogP contribution in [0.1, 0.15) is 34.6 Å². The molecule has 0 fully saturated rings. The lowest BCUT2D eigenvalue weighted by Crippen LogP contribution is -2.16. The number of halogens is 1. The van der Waals surface area contributed by atoms with Crippen molar-refractivity contribution in [3.05, 3.63) is 76.8 Å². The van der Waals surface area contributed by atoms with Gasteiger partial charge in [0, 0.05) is 22.7 Å². The van der Waals surface area contributed by atoms with Crippen molar-refractivity contribution in [3.63, 3.8) is 0 Å². The summed E-state index contributed by atoms with van der Waals surface area (Å²) in [6, 6.07) is 16.8. The summed E-state index contributed by atoms with van der Waals surface area (Å²) < 4.78 is 16.8. The summed E-state index contributed by atoms with van der Waals surface area (Å²) in [7, 11) is 1.50. The third-order valence-electron chi connectivity index (χ3n) is 4.62. The number of benzene rings is 3. The molecule has 0 aliphatic carbocycles. The number of hydrogen-bond acceptors (Lipinski definition) is 5. The summed E-state index contributed by atoms with van der Waals surface area (Å²) in [5.41, 5.74) is 1.58. The van der Waals surface area contributed by atoms with E-state index in [-0.39, 0.29) is 11.8 Å². The molecule has 0 atom stereocenters. The Morgan fingerprint density at radius 2 is 1.39 bits per heavy atom. The molecule has 2 N–H and O–H groups in total. The Morgan fingerprint density at radius 3 is 1.97 bits per heavy atom. The molecule has 0 bridgehead atoms. The van der Waals surface area contributed by atoms with Crippen molar-refractivity contribution >= 4 is 34.8 Å². The Bertz CT molecular complexity index is 1150. The number of hydrogen-bond donors (Lipinski definition) is 2. The molecule has 0 aliphatic rings. The SMILES string of the molecule is CCOc1cc(NC(=O)c2ccccc2OC)c(OCC)cc1NC(=O)c1cccc(Cl)c1. The minimum Gasteiger partial charge on any atom is -0.496 e. The van der Waals surface area contributed by atoms with Gasteiger partial charge in [-0.1, -0.05) is 29.8 Å². The van der Waals surface area contributed by atoms with Crippen LogP contribution in [0.5, 0.6) is 17.2 Å². The van der Waals surface area contributed by atoms with Crippen LogP contribution in [0, 0.1) is 0 Å². The van der Waals surface area contributed by atoms with E-state index in [9.17, 15) is 9.59 Å². The second kappa shape index (κ2) is 11.2. The van der Waals surface area contributed by atoms with E-state index in [1.54, 1.807) is 60.7 Å². The van der Waals surface area contributed by atoms with Gasteiger partial charge in [-0.05, 0) is 44.2 Å². The number of para-hydroxylation sites is 1. The van der Waals surface area contributed by atoms with Gasteiger partial charge in [-0.15, -0.1) is 0 Å². The van der Waals surface area contributed by atoms with Gasteiger partial charge in [-0.3, -0.25) is 9.59 Å². The fourth-order valence-electron chi connectivity index (χ4n) is 3.15.